The Balaban J connectivity index is 1.51. The molecule has 1 aliphatic carbocycles. The smallest absolute Gasteiger partial charge is 0.237 e. The average Bonchev–Trinajstić information content (AvgIpc) is 3.14. The van der Waals surface area contributed by atoms with Crippen molar-refractivity contribution >= 4 is 15.7 Å². The van der Waals surface area contributed by atoms with E-state index in [0.29, 0.717) is 25.6 Å². The van der Waals surface area contributed by atoms with Crippen molar-refractivity contribution in [3.05, 3.63) is 0 Å². The fourth-order valence-corrected chi connectivity index (χ4v) is 4.90. The van der Waals surface area contributed by atoms with E-state index in [0.717, 1.165) is 32.1 Å². The second-order valence-electron chi connectivity index (χ2n) is 7.79. The number of sulfone groups is 1. The van der Waals surface area contributed by atoms with Gasteiger partial charge in [-0.3, -0.25) is 4.79 Å². The zero-order chi connectivity index (χ0) is 17.2. The van der Waals surface area contributed by atoms with Gasteiger partial charge in [0.1, 0.15) is 5.75 Å². The lowest BCUT2D eigenvalue weighted by Gasteiger charge is -2.39. The molecule has 3 aliphatic rings. The molecule has 24 heavy (non-hydrogen) atoms. The van der Waals surface area contributed by atoms with Crippen molar-refractivity contribution in [2.45, 2.75) is 56.7 Å². The van der Waals surface area contributed by atoms with E-state index in [4.69, 9.17) is 9.47 Å². The summed E-state index contributed by atoms with van der Waals surface area (Å²) in [5.74, 6) is -0.0266. The molecule has 0 N–H and O–H groups in total. The second-order valence-corrected chi connectivity index (χ2v) is 9.93. The summed E-state index contributed by atoms with van der Waals surface area (Å²) in [6.07, 6.45) is 8.96. The third-order valence-corrected chi connectivity index (χ3v) is 6.27. The monoisotopic (exact) mass is 359 g/mol. The Morgan fingerprint density at radius 3 is 2.75 bits per heavy atom. The number of piperidine rings is 1. The van der Waals surface area contributed by atoms with Crippen LogP contribution in [0.4, 0.5) is 0 Å². The van der Waals surface area contributed by atoms with Crippen LogP contribution in [0.2, 0.25) is 0 Å². The fourth-order valence-electron chi connectivity index (χ4n) is 4.27. The van der Waals surface area contributed by atoms with E-state index in [1.54, 1.807) is 4.90 Å². The molecular weight excluding hydrogens is 330 g/mol. The molecule has 2 aliphatic heterocycles. The number of nitrogens with zero attached hydrogens (tertiary/aromatic N) is 1. The van der Waals surface area contributed by atoms with Gasteiger partial charge in [0.2, 0.25) is 5.91 Å². The first-order valence-corrected chi connectivity index (χ1v) is 11.1. The van der Waals surface area contributed by atoms with Gasteiger partial charge in [0, 0.05) is 32.4 Å². The molecule has 0 unspecified atom stereocenters. The first kappa shape index (κ1) is 18.1. The number of ether oxygens (including phenoxy) is 2. The largest absolute Gasteiger partial charge is 0.375 e. The zero-order valence-corrected chi connectivity index (χ0v) is 15.4. The lowest BCUT2D eigenvalue weighted by atomic mass is 9.89. The van der Waals surface area contributed by atoms with Crippen LogP contribution < -0.4 is 0 Å². The zero-order valence-electron chi connectivity index (χ0n) is 14.5. The van der Waals surface area contributed by atoms with Crippen molar-refractivity contribution in [2.75, 3.05) is 38.3 Å². The molecule has 138 valence electrons. The van der Waals surface area contributed by atoms with Crippen LogP contribution in [0, 0.1) is 5.92 Å². The van der Waals surface area contributed by atoms with Gasteiger partial charge in [0.15, 0.2) is 9.84 Å². The van der Waals surface area contributed by atoms with Gasteiger partial charge in [-0.2, -0.15) is 0 Å². The normalized spacial score (nSPS) is 31.9. The molecule has 0 aromatic carbocycles. The Bertz CT molecular complexity index is 557. The number of hydrogen-bond donors (Lipinski definition) is 0. The summed E-state index contributed by atoms with van der Waals surface area (Å²) in [4.78, 5) is 13.9. The molecule has 0 aromatic rings. The van der Waals surface area contributed by atoms with E-state index in [9.17, 15) is 13.2 Å². The lowest BCUT2D eigenvalue weighted by molar-refractivity contribution is -0.136. The summed E-state index contributed by atoms with van der Waals surface area (Å²) in [5, 5.41) is 0. The number of carbonyl (C=O) groups is 1. The molecule has 0 radical (unpaired) electrons. The van der Waals surface area contributed by atoms with Crippen LogP contribution in [0.15, 0.2) is 0 Å². The molecule has 1 spiro atoms. The van der Waals surface area contributed by atoms with Gasteiger partial charge in [-0.1, -0.05) is 12.8 Å². The van der Waals surface area contributed by atoms with E-state index < -0.39 is 15.6 Å². The average molecular weight is 359 g/mol. The van der Waals surface area contributed by atoms with Crippen molar-refractivity contribution in [2.24, 2.45) is 5.92 Å². The van der Waals surface area contributed by atoms with Crippen LogP contribution >= 0.6 is 0 Å². The quantitative estimate of drug-likeness (QED) is 0.742. The van der Waals surface area contributed by atoms with Crippen molar-refractivity contribution in [1.29, 1.82) is 0 Å². The van der Waals surface area contributed by atoms with Crippen molar-refractivity contribution in [3.8, 4) is 0 Å². The maximum absolute atomic E-state index is 12.2. The summed E-state index contributed by atoms with van der Waals surface area (Å²) in [7, 11) is -3.29. The molecule has 1 saturated carbocycles. The van der Waals surface area contributed by atoms with Gasteiger partial charge < -0.3 is 14.4 Å². The maximum Gasteiger partial charge on any atom is 0.237 e. The molecule has 0 aromatic heterocycles. The summed E-state index contributed by atoms with van der Waals surface area (Å²) in [6.45, 7) is 2.51. The third kappa shape index (κ3) is 4.70. The molecule has 2 saturated heterocycles. The topological polar surface area (TPSA) is 72.9 Å². The number of rotatable bonds is 5. The van der Waals surface area contributed by atoms with E-state index >= 15 is 0 Å². The first-order chi connectivity index (χ1) is 11.4. The SMILES string of the molecule is CS(=O)(=O)CC(=O)N1CCC[C@]2(C[C@@H](OCC3CCCC3)CO2)C1. The highest BCUT2D eigenvalue weighted by molar-refractivity contribution is 7.91. The number of amides is 1. The van der Waals surface area contributed by atoms with E-state index in [1.807, 2.05) is 0 Å². The van der Waals surface area contributed by atoms with Crippen LogP contribution in [-0.2, 0) is 24.1 Å². The predicted octanol–water partition coefficient (Wildman–Crippen LogP) is 1.39. The minimum absolute atomic E-state index is 0.107. The van der Waals surface area contributed by atoms with Gasteiger partial charge in [-0.15, -0.1) is 0 Å². The minimum atomic E-state index is -3.29. The number of hydrogen-bond acceptors (Lipinski definition) is 5. The van der Waals surface area contributed by atoms with Gasteiger partial charge in [-0.05, 0) is 31.6 Å². The minimum Gasteiger partial charge on any atom is -0.375 e. The highest BCUT2D eigenvalue weighted by atomic mass is 32.2. The number of carbonyl (C=O) groups excluding carboxylic acids is 1. The first-order valence-electron chi connectivity index (χ1n) is 9.06. The Hall–Kier alpha value is -0.660. The van der Waals surface area contributed by atoms with Crippen molar-refractivity contribution < 1.29 is 22.7 Å². The van der Waals surface area contributed by atoms with Crippen LogP contribution in [0.1, 0.15) is 44.9 Å². The van der Waals surface area contributed by atoms with Gasteiger partial charge >= 0.3 is 0 Å². The van der Waals surface area contributed by atoms with E-state index in [1.165, 1.54) is 25.7 Å². The fraction of sp³-hybridized carbons (Fsp3) is 0.941. The molecule has 2 atom stereocenters. The summed E-state index contributed by atoms with van der Waals surface area (Å²) in [6, 6.07) is 0. The van der Waals surface area contributed by atoms with Gasteiger partial charge in [0.05, 0.1) is 18.3 Å². The van der Waals surface area contributed by atoms with Crippen molar-refractivity contribution in [3.63, 3.8) is 0 Å². The molecule has 2 heterocycles. The Morgan fingerprint density at radius 2 is 2.04 bits per heavy atom. The highest BCUT2D eigenvalue weighted by Gasteiger charge is 2.45. The summed E-state index contributed by atoms with van der Waals surface area (Å²) in [5.41, 5.74) is -0.342. The van der Waals surface area contributed by atoms with E-state index in [-0.39, 0.29) is 17.6 Å². The van der Waals surface area contributed by atoms with Crippen LogP contribution in [0.5, 0.6) is 0 Å². The molecule has 1 amide bonds. The van der Waals surface area contributed by atoms with E-state index in [2.05, 4.69) is 0 Å². The van der Waals surface area contributed by atoms with Gasteiger partial charge in [0.25, 0.3) is 0 Å². The Morgan fingerprint density at radius 1 is 1.29 bits per heavy atom. The van der Waals surface area contributed by atoms with Crippen LogP contribution in [0.25, 0.3) is 0 Å². The molecule has 3 rings (SSSR count). The number of likely N-dealkylation sites (tertiary alicyclic amines) is 1. The summed E-state index contributed by atoms with van der Waals surface area (Å²) >= 11 is 0. The molecular formula is C17H29NO5S. The van der Waals surface area contributed by atoms with Gasteiger partial charge in [-0.25, -0.2) is 8.42 Å². The van der Waals surface area contributed by atoms with Crippen molar-refractivity contribution in [1.82, 2.24) is 4.90 Å². The summed E-state index contributed by atoms with van der Waals surface area (Å²) < 4.78 is 34.8. The molecule has 6 nitrogen and oxygen atoms in total. The lowest BCUT2D eigenvalue weighted by Crippen LogP contribution is -2.51. The molecule has 3 fully saturated rings. The third-order valence-electron chi connectivity index (χ3n) is 5.50. The Kier molecular flexibility index (Phi) is 5.52. The Labute approximate surface area is 144 Å². The van der Waals surface area contributed by atoms with Crippen LogP contribution in [-0.4, -0.2) is 69.2 Å². The standard InChI is InChI=1S/C17H29NO5S/c1-24(20,21)12-16(19)18-8-4-7-17(13-18)9-15(11-23-17)22-10-14-5-2-3-6-14/h14-15H,2-13H2,1H3/t15-,17+/m1/s1. The maximum atomic E-state index is 12.2. The highest BCUT2D eigenvalue weighted by Crippen LogP contribution is 2.36. The molecule has 7 heteroatoms. The van der Waals surface area contributed by atoms with Crippen LogP contribution in [0.3, 0.4) is 0 Å². The molecule has 0 bridgehead atoms. The predicted molar refractivity (Wildman–Crippen MR) is 90.5 cm³/mol. The second kappa shape index (κ2) is 7.30.